The largest absolute Gasteiger partial charge is 0.477 e. The van der Waals surface area contributed by atoms with Crippen molar-refractivity contribution in [1.82, 2.24) is 14.6 Å². The fraction of sp³-hybridized carbons (Fsp3) is 0.188. The maximum Gasteiger partial charge on any atom is 0.341 e. The molecular formula is C16H14FN3O2. The Morgan fingerprint density at radius 3 is 2.59 bits per heavy atom. The second-order valence-electron chi connectivity index (χ2n) is 5.16. The van der Waals surface area contributed by atoms with Gasteiger partial charge in [0, 0.05) is 17.8 Å². The van der Waals surface area contributed by atoms with Crippen LogP contribution < -0.4 is 0 Å². The van der Waals surface area contributed by atoms with Gasteiger partial charge in [-0.05, 0) is 37.1 Å². The van der Waals surface area contributed by atoms with Crippen molar-refractivity contribution >= 4 is 11.6 Å². The lowest BCUT2D eigenvalue weighted by Gasteiger charge is -2.11. The summed E-state index contributed by atoms with van der Waals surface area (Å²) in [5, 5.41) is 13.3. The normalized spacial score (nSPS) is 11.0. The van der Waals surface area contributed by atoms with Crippen molar-refractivity contribution < 1.29 is 14.3 Å². The van der Waals surface area contributed by atoms with Gasteiger partial charge in [-0.25, -0.2) is 18.7 Å². The molecule has 0 saturated carbocycles. The van der Waals surface area contributed by atoms with Gasteiger partial charge >= 0.3 is 5.97 Å². The molecular weight excluding hydrogens is 285 g/mol. The molecule has 5 nitrogen and oxygen atoms in total. The number of aryl methyl sites for hydroxylation is 2. The summed E-state index contributed by atoms with van der Waals surface area (Å²) < 4.78 is 14.5. The molecule has 0 spiro atoms. The fourth-order valence-electron chi connectivity index (χ4n) is 2.52. The zero-order chi connectivity index (χ0) is 15.9. The van der Waals surface area contributed by atoms with Crippen LogP contribution in [0.3, 0.4) is 0 Å². The number of aromatic nitrogens is 3. The fourth-order valence-corrected chi connectivity index (χ4v) is 2.52. The highest BCUT2D eigenvalue weighted by Crippen LogP contribution is 2.20. The van der Waals surface area contributed by atoms with Gasteiger partial charge in [0.15, 0.2) is 5.65 Å². The van der Waals surface area contributed by atoms with Gasteiger partial charge < -0.3 is 5.11 Å². The van der Waals surface area contributed by atoms with Crippen molar-refractivity contribution in [3.8, 4) is 0 Å². The van der Waals surface area contributed by atoms with Gasteiger partial charge in [-0.3, -0.25) is 0 Å². The topological polar surface area (TPSA) is 67.5 Å². The number of aromatic carboxylic acids is 1. The van der Waals surface area contributed by atoms with E-state index in [9.17, 15) is 9.18 Å². The molecule has 2 aromatic heterocycles. The average Bonchev–Trinajstić information content (AvgIpc) is 2.89. The molecule has 3 aromatic rings. The van der Waals surface area contributed by atoms with E-state index >= 15 is 0 Å². The summed E-state index contributed by atoms with van der Waals surface area (Å²) in [5.74, 6) is -1.32. The van der Waals surface area contributed by atoms with E-state index in [1.54, 1.807) is 12.1 Å². The highest BCUT2D eigenvalue weighted by atomic mass is 19.1. The maximum atomic E-state index is 13.0. The van der Waals surface area contributed by atoms with Gasteiger partial charge in [0.1, 0.15) is 11.4 Å². The Bertz CT molecular complexity index is 869. The van der Waals surface area contributed by atoms with Crippen molar-refractivity contribution in [1.29, 1.82) is 0 Å². The first-order valence-corrected chi connectivity index (χ1v) is 6.79. The molecule has 0 aliphatic rings. The number of fused-ring (bicyclic) bond motifs is 1. The lowest BCUT2D eigenvalue weighted by atomic mass is 10.0. The third-order valence-corrected chi connectivity index (χ3v) is 3.73. The monoisotopic (exact) mass is 299 g/mol. The first-order valence-electron chi connectivity index (χ1n) is 6.79. The zero-order valence-electron chi connectivity index (χ0n) is 12.2. The minimum absolute atomic E-state index is 0.0829. The van der Waals surface area contributed by atoms with Crippen LogP contribution in [0.15, 0.2) is 30.5 Å². The average molecular weight is 299 g/mol. The van der Waals surface area contributed by atoms with Gasteiger partial charge in [0.05, 0.1) is 6.20 Å². The van der Waals surface area contributed by atoms with Crippen LogP contribution in [0, 0.1) is 19.7 Å². The molecule has 0 aliphatic heterocycles. The van der Waals surface area contributed by atoms with E-state index in [-0.39, 0.29) is 11.4 Å². The van der Waals surface area contributed by atoms with E-state index in [1.807, 2.05) is 13.8 Å². The van der Waals surface area contributed by atoms with Crippen LogP contribution in [0.4, 0.5) is 4.39 Å². The predicted octanol–water partition coefficient (Wildman–Crippen LogP) is 2.77. The lowest BCUT2D eigenvalue weighted by Crippen LogP contribution is -2.07. The predicted molar refractivity (Wildman–Crippen MR) is 78.6 cm³/mol. The van der Waals surface area contributed by atoms with Crippen LogP contribution in [-0.4, -0.2) is 25.7 Å². The SMILES string of the molecule is Cc1nc2c(C(=O)O)cnn2c(C)c1Cc1ccc(F)cc1. The molecule has 112 valence electrons. The number of nitrogens with zero attached hydrogens (tertiary/aromatic N) is 3. The van der Waals surface area contributed by atoms with E-state index < -0.39 is 5.97 Å². The van der Waals surface area contributed by atoms with Crippen LogP contribution in [0.1, 0.15) is 32.9 Å². The van der Waals surface area contributed by atoms with Crippen LogP contribution in [-0.2, 0) is 6.42 Å². The van der Waals surface area contributed by atoms with Crippen molar-refractivity contribution in [3.63, 3.8) is 0 Å². The summed E-state index contributed by atoms with van der Waals surface area (Å²) in [6.07, 6.45) is 1.89. The Morgan fingerprint density at radius 1 is 1.27 bits per heavy atom. The van der Waals surface area contributed by atoms with E-state index in [2.05, 4.69) is 10.1 Å². The molecule has 1 N–H and O–H groups in total. The number of benzene rings is 1. The van der Waals surface area contributed by atoms with Crippen molar-refractivity contribution in [2.45, 2.75) is 20.3 Å². The molecule has 0 radical (unpaired) electrons. The molecule has 0 fully saturated rings. The number of hydrogen-bond donors (Lipinski definition) is 1. The second kappa shape index (κ2) is 5.22. The Hall–Kier alpha value is -2.76. The first-order chi connectivity index (χ1) is 10.5. The summed E-state index contributed by atoms with van der Waals surface area (Å²) in [4.78, 5) is 15.6. The smallest absolute Gasteiger partial charge is 0.341 e. The van der Waals surface area contributed by atoms with E-state index in [0.717, 1.165) is 22.5 Å². The van der Waals surface area contributed by atoms with Crippen molar-refractivity contribution in [3.05, 3.63) is 64.4 Å². The summed E-state index contributed by atoms with van der Waals surface area (Å²) in [6.45, 7) is 3.71. The van der Waals surface area contributed by atoms with Gasteiger partial charge in [-0.1, -0.05) is 12.1 Å². The molecule has 3 rings (SSSR count). The number of carboxylic acid groups (broad SMARTS) is 1. The van der Waals surface area contributed by atoms with Gasteiger partial charge in [0.25, 0.3) is 0 Å². The standard InChI is InChI=1S/C16H14FN3O2/c1-9-13(7-11-3-5-12(17)6-4-11)10(2)20-15(19-9)14(8-18-20)16(21)22/h3-6,8H,7H2,1-2H3,(H,21,22). The van der Waals surface area contributed by atoms with Gasteiger partial charge in [0.2, 0.25) is 0 Å². The Morgan fingerprint density at radius 2 is 1.95 bits per heavy atom. The molecule has 0 unspecified atom stereocenters. The highest BCUT2D eigenvalue weighted by Gasteiger charge is 2.17. The molecule has 1 aromatic carbocycles. The molecule has 22 heavy (non-hydrogen) atoms. The van der Waals surface area contributed by atoms with Gasteiger partial charge in [-0.15, -0.1) is 0 Å². The molecule has 0 aliphatic carbocycles. The molecule has 0 amide bonds. The van der Waals surface area contributed by atoms with Crippen molar-refractivity contribution in [2.24, 2.45) is 0 Å². The summed E-state index contributed by atoms with van der Waals surface area (Å²) >= 11 is 0. The first kappa shape index (κ1) is 14.2. The summed E-state index contributed by atoms with van der Waals surface area (Å²) in [7, 11) is 0. The van der Waals surface area contributed by atoms with Crippen LogP contribution >= 0.6 is 0 Å². The molecule has 2 heterocycles. The summed E-state index contributed by atoms with van der Waals surface area (Å²) in [6, 6.07) is 6.29. The summed E-state index contributed by atoms with van der Waals surface area (Å²) in [5.41, 5.74) is 3.92. The van der Waals surface area contributed by atoms with Crippen LogP contribution in [0.2, 0.25) is 0 Å². The number of rotatable bonds is 3. The van der Waals surface area contributed by atoms with E-state index in [0.29, 0.717) is 12.1 Å². The third-order valence-electron chi connectivity index (χ3n) is 3.73. The Balaban J connectivity index is 2.10. The maximum absolute atomic E-state index is 13.0. The van der Waals surface area contributed by atoms with E-state index in [1.165, 1.54) is 22.8 Å². The number of halogens is 1. The molecule has 6 heteroatoms. The lowest BCUT2D eigenvalue weighted by molar-refractivity contribution is 0.0698. The Kier molecular flexibility index (Phi) is 3.36. The number of carbonyl (C=O) groups is 1. The minimum atomic E-state index is -1.05. The quantitative estimate of drug-likeness (QED) is 0.807. The second-order valence-corrected chi connectivity index (χ2v) is 5.16. The minimum Gasteiger partial charge on any atom is -0.477 e. The van der Waals surface area contributed by atoms with Crippen LogP contribution in [0.25, 0.3) is 5.65 Å². The third kappa shape index (κ3) is 2.32. The highest BCUT2D eigenvalue weighted by molar-refractivity contribution is 5.94. The van der Waals surface area contributed by atoms with Gasteiger partial charge in [-0.2, -0.15) is 5.10 Å². The molecule has 0 atom stereocenters. The zero-order valence-corrected chi connectivity index (χ0v) is 12.2. The molecule has 0 saturated heterocycles. The van der Waals surface area contributed by atoms with Crippen molar-refractivity contribution in [2.75, 3.05) is 0 Å². The number of carboxylic acids is 1. The molecule has 0 bridgehead atoms. The Labute approximate surface area is 126 Å². The van der Waals surface area contributed by atoms with Crippen LogP contribution in [0.5, 0.6) is 0 Å². The number of hydrogen-bond acceptors (Lipinski definition) is 3. The van der Waals surface area contributed by atoms with E-state index in [4.69, 9.17) is 5.11 Å².